The van der Waals surface area contributed by atoms with E-state index >= 15 is 0 Å². The van der Waals surface area contributed by atoms with Crippen LogP contribution in [0, 0.1) is 0 Å². The minimum absolute atomic E-state index is 0.117. The zero-order chi connectivity index (χ0) is 27.8. The van der Waals surface area contributed by atoms with Crippen molar-refractivity contribution in [2.45, 2.75) is 31.1 Å². The van der Waals surface area contributed by atoms with E-state index in [1.54, 1.807) is 12.1 Å². The molecule has 13 heteroatoms. The zero-order valence-electron chi connectivity index (χ0n) is 20.2. The van der Waals surface area contributed by atoms with Gasteiger partial charge in [0.25, 0.3) is 11.0 Å². The topological polar surface area (TPSA) is 183 Å². The fourth-order valence-electron chi connectivity index (χ4n) is 3.51. The molecule has 0 aliphatic heterocycles. The summed E-state index contributed by atoms with van der Waals surface area (Å²) in [6.07, 6.45) is -1.28. The predicted octanol–water partition coefficient (Wildman–Crippen LogP) is 3.36. The van der Waals surface area contributed by atoms with Gasteiger partial charge in [-0.3, -0.25) is 13.9 Å². The Morgan fingerprint density at radius 2 is 1.29 bits per heavy atom. The molecule has 0 aliphatic carbocycles. The molecule has 0 unspecified atom stereocenters. The maximum absolute atomic E-state index is 13.0. The molecule has 3 aromatic rings. The summed E-state index contributed by atoms with van der Waals surface area (Å²) in [5.74, 6) is -0.129. The summed E-state index contributed by atoms with van der Waals surface area (Å²) in [4.78, 5) is 50.1. The van der Waals surface area contributed by atoms with E-state index in [1.807, 2.05) is 60.7 Å². The molecule has 3 aromatic carbocycles. The van der Waals surface area contributed by atoms with Crippen LogP contribution in [0.25, 0.3) is 0 Å². The minimum atomic E-state index is -5.57. The molecule has 38 heavy (non-hydrogen) atoms. The summed E-state index contributed by atoms with van der Waals surface area (Å²) in [7, 11) is -11.1. The highest BCUT2D eigenvalue weighted by atomic mass is 31.2. The van der Waals surface area contributed by atoms with Crippen molar-refractivity contribution < 1.29 is 48.1 Å². The molecule has 0 spiro atoms. The summed E-state index contributed by atoms with van der Waals surface area (Å²) >= 11 is 0. The molecule has 0 heterocycles. The van der Waals surface area contributed by atoms with Crippen LogP contribution in [-0.2, 0) is 22.3 Å². The molecule has 0 atom stereocenters. The third kappa shape index (κ3) is 7.52. The van der Waals surface area contributed by atoms with Crippen molar-refractivity contribution >= 4 is 21.1 Å². The fraction of sp³-hybridized carbons (Fsp3) is 0.240. The number of hydrogen-bond acceptors (Lipinski definition) is 6. The molecule has 1 amide bonds. The van der Waals surface area contributed by atoms with Crippen molar-refractivity contribution in [1.82, 2.24) is 5.32 Å². The van der Waals surface area contributed by atoms with Crippen LogP contribution < -0.4 is 14.8 Å². The molecule has 0 aromatic heterocycles. The second-order valence-electron chi connectivity index (χ2n) is 8.40. The monoisotopic (exact) mass is 565 g/mol. The van der Waals surface area contributed by atoms with E-state index < -0.39 is 32.6 Å². The Labute approximate surface area is 219 Å². The highest BCUT2D eigenvalue weighted by molar-refractivity contribution is 7.72. The Balaban J connectivity index is 1.75. The normalized spacial score (nSPS) is 12.1. The number of para-hydroxylation sites is 1. The highest BCUT2D eigenvalue weighted by Gasteiger charge is 2.58. The van der Waals surface area contributed by atoms with Gasteiger partial charge in [-0.2, -0.15) is 0 Å². The van der Waals surface area contributed by atoms with Crippen molar-refractivity contribution in [2.24, 2.45) is 0 Å². The van der Waals surface area contributed by atoms with Gasteiger partial charge in [0.15, 0.2) is 11.5 Å². The molecular formula is C25H29NO10P2. The largest absolute Gasteiger partial charge is 0.485 e. The van der Waals surface area contributed by atoms with E-state index in [-0.39, 0.29) is 37.5 Å². The molecular weight excluding hydrogens is 536 g/mol. The quantitative estimate of drug-likeness (QED) is 0.133. The third-order valence-electron chi connectivity index (χ3n) is 5.59. The number of ether oxygens (including phenoxy) is 2. The SMILES string of the molecule is O=C(NCCCC(O)(P(=O)(O)O)P(=O)(O)O)c1cccc(OCc2ccccc2)c1OCc1ccccc1. The van der Waals surface area contributed by atoms with Crippen LogP contribution in [0.15, 0.2) is 78.9 Å². The number of amides is 1. The first-order valence-electron chi connectivity index (χ1n) is 11.5. The van der Waals surface area contributed by atoms with Crippen molar-refractivity contribution in [3.8, 4) is 11.5 Å². The lowest BCUT2D eigenvalue weighted by Gasteiger charge is -2.29. The van der Waals surface area contributed by atoms with Gasteiger partial charge in [-0.05, 0) is 29.7 Å². The maximum atomic E-state index is 13.0. The minimum Gasteiger partial charge on any atom is -0.485 e. The first-order chi connectivity index (χ1) is 17.9. The first kappa shape index (κ1) is 29.5. The fourth-order valence-corrected chi connectivity index (χ4v) is 5.76. The van der Waals surface area contributed by atoms with Gasteiger partial charge in [0, 0.05) is 13.0 Å². The van der Waals surface area contributed by atoms with Gasteiger partial charge in [-0.15, -0.1) is 0 Å². The van der Waals surface area contributed by atoms with Gasteiger partial charge in [0.2, 0.25) is 0 Å². The smallest absolute Gasteiger partial charge is 0.369 e. The van der Waals surface area contributed by atoms with Gasteiger partial charge in [-0.25, -0.2) is 0 Å². The number of benzene rings is 3. The van der Waals surface area contributed by atoms with Crippen molar-refractivity contribution in [1.29, 1.82) is 0 Å². The van der Waals surface area contributed by atoms with E-state index in [0.29, 0.717) is 5.75 Å². The van der Waals surface area contributed by atoms with E-state index in [2.05, 4.69) is 5.32 Å². The molecule has 0 saturated heterocycles. The molecule has 0 bridgehead atoms. The lowest BCUT2D eigenvalue weighted by molar-refractivity contribution is 0.0940. The van der Waals surface area contributed by atoms with Gasteiger partial charge in [0.1, 0.15) is 13.2 Å². The summed E-state index contributed by atoms with van der Waals surface area (Å²) < 4.78 is 35.0. The summed E-state index contributed by atoms with van der Waals surface area (Å²) in [6.45, 7) is 0.121. The molecule has 0 radical (unpaired) electrons. The van der Waals surface area contributed by atoms with E-state index in [9.17, 15) is 38.6 Å². The predicted molar refractivity (Wildman–Crippen MR) is 139 cm³/mol. The summed E-state index contributed by atoms with van der Waals surface area (Å²) in [5, 5.41) is 8.98. The zero-order valence-corrected chi connectivity index (χ0v) is 22.0. The van der Waals surface area contributed by atoms with E-state index in [4.69, 9.17) is 9.47 Å². The van der Waals surface area contributed by atoms with Crippen LogP contribution in [0.3, 0.4) is 0 Å². The number of rotatable bonds is 13. The molecule has 0 saturated carbocycles. The summed E-state index contributed by atoms with van der Waals surface area (Å²) in [5.41, 5.74) is 1.87. The van der Waals surface area contributed by atoms with E-state index in [0.717, 1.165) is 11.1 Å². The Morgan fingerprint density at radius 3 is 1.82 bits per heavy atom. The van der Waals surface area contributed by atoms with Gasteiger partial charge in [-0.1, -0.05) is 66.7 Å². The van der Waals surface area contributed by atoms with Crippen LogP contribution >= 0.6 is 15.2 Å². The first-order valence-corrected chi connectivity index (χ1v) is 14.7. The van der Waals surface area contributed by atoms with Crippen LogP contribution in [-0.4, -0.2) is 42.2 Å². The molecule has 0 aliphatic rings. The van der Waals surface area contributed by atoms with Crippen molar-refractivity contribution in [3.63, 3.8) is 0 Å². The number of carbonyl (C=O) groups is 1. The van der Waals surface area contributed by atoms with Crippen LogP contribution in [0.2, 0.25) is 0 Å². The number of hydrogen-bond donors (Lipinski definition) is 6. The second kappa shape index (κ2) is 12.7. The Kier molecular flexibility index (Phi) is 9.87. The van der Waals surface area contributed by atoms with Gasteiger partial charge < -0.3 is 39.5 Å². The average molecular weight is 565 g/mol. The van der Waals surface area contributed by atoms with Gasteiger partial charge >= 0.3 is 15.2 Å². The summed E-state index contributed by atoms with van der Waals surface area (Å²) in [6, 6.07) is 23.4. The van der Waals surface area contributed by atoms with Crippen LogP contribution in [0.1, 0.15) is 34.3 Å². The Bertz CT molecular complexity index is 1290. The highest BCUT2D eigenvalue weighted by Crippen LogP contribution is 2.69. The number of nitrogens with one attached hydrogen (secondary N) is 1. The molecule has 3 rings (SSSR count). The van der Waals surface area contributed by atoms with Gasteiger partial charge in [0.05, 0.1) is 5.56 Å². The lowest BCUT2D eigenvalue weighted by atomic mass is 10.1. The third-order valence-corrected chi connectivity index (χ3v) is 9.47. The molecule has 0 fully saturated rings. The van der Waals surface area contributed by atoms with Crippen molar-refractivity contribution in [3.05, 3.63) is 95.6 Å². The van der Waals surface area contributed by atoms with Crippen molar-refractivity contribution in [2.75, 3.05) is 6.54 Å². The molecule has 6 N–H and O–H groups in total. The number of aliphatic hydroxyl groups is 1. The average Bonchev–Trinajstić information content (AvgIpc) is 2.88. The Morgan fingerprint density at radius 1 is 0.763 bits per heavy atom. The van der Waals surface area contributed by atoms with Crippen LogP contribution in [0.4, 0.5) is 0 Å². The standard InChI is InChI=1S/C25H29NO10P2/c27-24(26-16-8-15-25(28,37(29,30)31)38(32,33)34)21-13-7-14-22(35-17-19-9-3-1-4-10-19)23(21)36-18-20-11-5-2-6-12-20/h1-7,9-14,28H,8,15-18H2,(H,26,27)(H2,29,30,31)(H2,32,33,34). The second-order valence-corrected chi connectivity index (χ2v) is 12.4. The molecule has 11 nitrogen and oxygen atoms in total. The Hall–Kier alpha value is -3.01. The maximum Gasteiger partial charge on any atom is 0.369 e. The van der Waals surface area contributed by atoms with E-state index in [1.165, 1.54) is 6.07 Å². The number of carbonyl (C=O) groups excluding carboxylic acids is 1. The molecule has 204 valence electrons. The lowest BCUT2D eigenvalue weighted by Crippen LogP contribution is -2.31. The van der Waals surface area contributed by atoms with Crippen LogP contribution in [0.5, 0.6) is 11.5 Å².